The molecule has 0 saturated heterocycles. The number of phenolic OH excluding ortho intramolecular Hbond substituents is 1. The van der Waals surface area contributed by atoms with Crippen LogP contribution in [-0.2, 0) is 0 Å². The molecular weight excluding hydrogens is 436 g/mol. The van der Waals surface area contributed by atoms with E-state index in [0.29, 0.717) is 17.6 Å². The molecule has 0 heterocycles. The van der Waals surface area contributed by atoms with Gasteiger partial charge in [-0.3, -0.25) is 0 Å². The van der Waals surface area contributed by atoms with Gasteiger partial charge >= 0.3 is 0 Å². The Balaban J connectivity index is 2.30. The number of hydrogen-bond donors (Lipinski definition) is 1. The van der Waals surface area contributed by atoms with Crippen molar-refractivity contribution in [1.29, 1.82) is 0 Å². The number of aromatic hydroxyl groups is 1. The Kier molecular flexibility index (Phi) is 20.2. The van der Waals surface area contributed by atoms with Gasteiger partial charge in [-0.15, -0.1) is 0 Å². The molecule has 1 nitrogen and oxygen atoms in total. The van der Waals surface area contributed by atoms with E-state index in [1.807, 2.05) is 0 Å². The molecule has 2 atom stereocenters. The second-order valence-corrected chi connectivity index (χ2v) is 12.0. The zero-order chi connectivity index (χ0) is 26.4. The van der Waals surface area contributed by atoms with Gasteiger partial charge in [0.25, 0.3) is 0 Å². The summed E-state index contributed by atoms with van der Waals surface area (Å²) < 4.78 is 0. The minimum Gasteiger partial charge on any atom is -0.507 e. The van der Waals surface area contributed by atoms with Crippen LogP contribution in [0.1, 0.15) is 197 Å². The second-order valence-electron chi connectivity index (χ2n) is 12.0. The van der Waals surface area contributed by atoms with E-state index in [-0.39, 0.29) is 0 Å². The van der Waals surface area contributed by atoms with E-state index in [1.54, 1.807) is 0 Å². The van der Waals surface area contributed by atoms with Crippen molar-refractivity contribution in [1.82, 2.24) is 0 Å². The molecular formula is C35H64O. The molecule has 210 valence electrons. The molecule has 0 amide bonds. The molecule has 1 aromatic rings. The minimum atomic E-state index is 0.447. The van der Waals surface area contributed by atoms with Crippen LogP contribution >= 0.6 is 0 Å². The van der Waals surface area contributed by atoms with Crippen LogP contribution in [0.15, 0.2) is 12.1 Å². The fourth-order valence-corrected chi connectivity index (χ4v) is 5.69. The standard InChI is InChI=1S/C35H64O/c1-6-8-10-12-14-16-18-20-22-24-26-30(3)33-28-32(5)35(36)34(29-33)31(4)27-25-23-21-19-17-15-13-11-9-7-2/h28-31,36H,6-27H2,1-5H3. The van der Waals surface area contributed by atoms with Crippen molar-refractivity contribution in [2.75, 3.05) is 0 Å². The summed E-state index contributed by atoms with van der Waals surface area (Å²) in [4.78, 5) is 0. The first-order valence-electron chi connectivity index (χ1n) is 16.3. The summed E-state index contributed by atoms with van der Waals surface area (Å²) in [6.07, 6.45) is 30.3. The monoisotopic (exact) mass is 500 g/mol. The third-order valence-corrected chi connectivity index (χ3v) is 8.43. The zero-order valence-corrected chi connectivity index (χ0v) is 25.3. The van der Waals surface area contributed by atoms with Gasteiger partial charge in [0.05, 0.1) is 0 Å². The molecule has 0 aromatic heterocycles. The minimum absolute atomic E-state index is 0.447. The first kappa shape index (κ1) is 33.0. The van der Waals surface area contributed by atoms with Gasteiger partial charge < -0.3 is 5.11 Å². The van der Waals surface area contributed by atoms with E-state index < -0.39 is 0 Å². The van der Waals surface area contributed by atoms with Gasteiger partial charge in [0.2, 0.25) is 0 Å². The maximum Gasteiger partial charge on any atom is 0.121 e. The van der Waals surface area contributed by atoms with Crippen molar-refractivity contribution < 1.29 is 5.11 Å². The van der Waals surface area contributed by atoms with Gasteiger partial charge in [-0.2, -0.15) is 0 Å². The predicted molar refractivity (Wildman–Crippen MR) is 163 cm³/mol. The highest BCUT2D eigenvalue weighted by Gasteiger charge is 2.16. The van der Waals surface area contributed by atoms with Crippen molar-refractivity contribution in [3.05, 3.63) is 28.8 Å². The van der Waals surface area contributed by atoms with Crippen LogP contribution in [-0.4, -0.2) is 5.11 Å². The fourth-order valence-electron chi connectivity index (χ4n) is 5.69. The normalized spacial score (nSPS) is 13.2. The van der Waals surface area contributed by atoms with Gasteiger partial charge in [-0.1, -0.05) is 168 Å². The molecule has 0 aliphatic rings. The predicted octanol–water partition coefficient (Wildman–Crippen LogP) is 12.5. The highest BCUT2D eigenvalue weighted by Crippen LogP contribution is 2.36. The molecule has 0 radical (unpaired) electrons. The van der Waals surface area contributed by atoms with Crippen molar-refractivity contribution in [3.8, 4) is 5.75 Å². The van der Waals surface area contributed by atoms with Crippen molar-refractivity contribution in [2.24, 2.45) is 0 Å². The Morgan fingerprint density at radius 3 is 1.31 bits per heavy atom. The third-order valence-electron chi connectivity index (χ3n) is 8.43. The molecule has 0 spiro atoms. The van der Waals surface area contributed by atoms with Crippen LogP contribution in [0.5, 0.6) is 5.75 Å². The Morgan fingerprint density at radius 2 is 0.889 bits per heavy atom. The van der Waals surface area contributed by atoms with E-state index in [2.05, 4.69) is 46.8 Å². The Hall–Kier alpha value is -0.980. The number of hydrogen-bond acceptors (Lipinski definition) is 1. The van der Waals surface area contributed by atoms with Crippen molar-refractivity contribution in [2.45, 2.75) is 188 Å². The Labute approximate surface area is 227 Å². The van der Waals surface area contributed by atoms with Crippen molar-refractivity contribution in [3.63, 3.8) is 0 Å². The Morgan fingerprint density at radius 1 is 0.528 bits per heavy atom. The molecule has 2 unspecified atom stereocenters. The van der Waals surface area contributed by atoms with Crippen molar-refractivity contribution >= 4 is 0 Å². The molecule has 0 bridgehead atoms. The van der Waals surface area contributed by atoms with E-state index in [1.165, 1.54) is 152 Å². The fraction of sp³-hybridized carbons (Fsp3) is 0.829. The molecule has 1 aromatic carbocycles. The lowest BCUT2D eigenvalue weighted by Gasteiger charge is -2.20. The molecule has 1 heteroatoms. The lowest BCUT2D eigenvalue weighted by Crippen LogP contribution is -2.01. The molecule has 0 fully saturated rings. The summed E-state index contributed by atoms with van der Waals surface area (Å²) >= 11 is 0. The SMILES string of the molecule is CCCCCCCCCCCCC(C)c1cc(C)c(O)c(C(C)CCCCCCCCCCCC)c1. The highest BCUT2D eigenvalue weighted by molar-refractivity contribution is 5.45. The smallest absolute Gasteiger partial charge is 0.121 e. The maximum atomic E-state index is 10.8. The van der Waals surface area contributed by atoms with Crippen LogP contribution in [0, 0.1) is 6.92 Å². The van der Waals surface area contributed by atoms with Crippen LogP contribution in [0.4, 0.5) is 0 Å². The third kappa shape index (κ3) is 15.3. The van der Waals surface area contributed by atoms with E-state index in [0.717, 1.165) is 5.56 Å². The maximum absolute atomic E-state index is 10.8. The van der Waals surface area contributed by atoms with Gasteiger partial charge in [0, 0.05) is 0 Å². The van der Waals surface area contributed by atoms with Gasteiger partial charge in [-0.05, 0) is 48.3 Å². The van der Waals surface area contributed by atoms with Gasteiger partial charge in [0.1, 0.15) is 5.75 Å². The number of aryl methyl sites for hydroxylation is 1. The number of rotatable bonds is 24. The highest BCUT2D eigenvalue weighted by atomic mass is 16.3. The Bertz CT molecular complexity index is 634. The summed E-state index contributed by atoms with van der Waals surface area (Å²) in [6, 6.07) is 4.58. The number of benzene rings is 1. The molecule has 0 aliphatic heterocycles. The van der Waals surface area contributed by atoms with E-state index in [9.17, 15) is 5.11 Å². The topological polar surface area (TPSA) is 20.2 Å². The van der Waals surface area contributed by atoms with Gasteiger partial charge in [0.15, 0.2) is 0 Å². The van der Waals surface area contributed by atoms with E-state index >= 15 is 0 Å². The lowest BCUT2D eigenvalue weighted by molar-refractivity contribution is 0.452. The van der Waals surface area contributed by atoms with Crippen LogP contribution < -0.4 is 0 Å². The molecule has 36 heavy (non-hydrogen) atoms. The first-order valence-corrected chi connectivity index (χ1v) is 16.3. The summed E-state index contributed by atoms with van der Waals surface area (Å²) in [6.45, 7) is 11.4. The molecule has 0 saturated carbocycles. The van der Waals surface area contributed by atoms with Gasteiger partial charge in [-0.25, -0.2) is 0 Å². The van der Waals surface area contributed by atoms with E-state index in [4.69, 9.17) is 0 Å². The van der Waals surface area contributed by atoms with Crippen LogP contribution in [0.3, 0.4) is 0 Å². The number of phenols is 1. The summed E-state index contributed by atoms with van der Waals surface area (Å²) in [5.41, 5.74) is 3.69. The first-order chi connectivity index (χ1) is 17.5. The lowest BCUT2D eigenvalue weighted by atomic mass is 9.86. The number of unbranched alkanes of at least 4 members (excludes halogenated alkanes) is 18. The molecule has 0 aliphatic carbocycles. The molecule has 1 N–H and O–H groups in total. The largest absolute Gasteiger partial charge is 0.507 e. The molecule has 1 rings (SSSR count). The summed E-state index contributed by atoms with van der Waals surface area (Å²) in [7, 11) is 0. The zero-order valence-electron chi connectivity index (χ0n) is 25.3. The second kappa shape index (κ2) is 22.0. The average Bonchev–Trinajstić information content (AvgIpc) is 2.87. The van der Waals surface area contributed by atoms with Crippen LogP contribution in [0.2, 0.25) is 0 Å². The summed E-state index contributed by atoms with van der Waals surface area (Å²) in [5, 5.41) is 10.8. The van der Waals surface area contributed by atoms with Crippen LogP contribution in [0.25, 0.3) is 0 Å². The average molecular weight is 501 g/mol. The quantitative estimate of drug-likeness (QED) is 0.140. The summed E-state index contributed by atoms with van der Waals surface area (Å²) in [5.74, 6) is 1.58.